The van der Waals surface area contributed by atoms with Crippen LogP contribution in [0.4, 0.5) is 0 Å². The Balaban J connectivity index is 2.75. The number of methoxy groups -OCH3 is 1. The van der Waals surface area contributed by atoms with Crippen molar-refractivity contribution in [2.45, 2.75) is 18.6 Å². The van der Waals surface area contributed by atoms with E-state index in [9.17, 15) is 9.59 Å². The summed E-state index contributed by atoms with van der Waals surface area (Å²) in [5.74, 6) is 0.394. The lowest BCUT2D eigenvalue weighted by atomic mass is 10.1. The van der Waals surface area contributed by atoms with Crippen LogP contribution in [0.1, 0.15) is 24.2 Å². The summed E-state index contributed by atoms with van der Waals surface area (Å²) in [7, 11) is 1.36. The van der Waals surface area contributed by atoms with Gasteiger partial charge in [0.25, 0.3) is 0 Å². The van der Waals surface area contributed by atoms with Gasteiger partial charge in [0, 0.05) is 17.2 Å². The number of esters is 1. The van der Waals surface area contributed by atoms with Crippen molar-refractivity contribution in [2.24, 2.45) is 0 Å². The van der Waals surface area contributed by atoms with Crippen molar-refractivity contribution in [1.82, 2.24) is 0 Å². The number of ketones is 1. The fraction of sp³-hybridized carbons (Fsp3) is 0.385. The third-order valence-corrected chi connectivity index (χ3v) is 3.82. The number of rotatable bonds is 6. The highest BCUT2D eigenvalue weighted by molar-refractivity contribution is 8.00. The average molecular weight is 287 g/mol. The van der Waals surface area contributed by atoms with E-state index in [1.165, 1.54) is 25.8 Å². The first-order valence-electron chi connectivity index (χ1n) is 5.49. The van der Waals surface area contributed by atoms with Crippen LogP contribution < -0.4 is 0 Å². The summed E-state index contributed by atoms with van der Waals surface area (Å²) in [5.41, 5.74) is 0.833. The van der Waals surface area contributed by atoms with Crippen LogP contribution in [-0.2, 0) is 14.3 Å². The number of carbonyl (C=O) groups excluding carboxylic acids is 2. The molecule has 98 valence electrons. The molecule has 0 aliphatic carbocycles. The molecule has 1 unspecified atom stereocenters. The van der Waals surface area contributed by atoms with Crippen molar-refractivity contribution in [3.05, 3.63) is 34.9 Å². The van der Waals surface area contributed by atoms with Crippen LogP contribution in [0.15, 0.2) is 24.3 Å². The lowest BCUT2D eigenvalue weighted by molar-refractivity contribution is -0.140. The van der Waals surface area contributed by atoms with Crippen molar-refractivity contribution in [2.75, 3.05) is 12.9 Å². The van der Waals surface area contributed by atoms with Crippen molar-refractivity contribution in [1.29, 1.82) is 0 Å². The van der Waals surface area contributed by atoms with E-state index in [1.807, 2.05) is 0 Å². The van der Waals surface area contributed by atoms with Crippen LogP contribution in [0.3, 0.4) is 0 Å². The van der Waals surface area contributed by atoms with Crippen LogP contribution in [0.2, 0.25) is 5.02 Å². The minimum absolute atomic E-state index is 0.113. The molecule has 3 nitrogen and oxygen atoms in total. The summed E-state index contributed by atoms with van der Waals surface area (Å²) >= 11 is 7.21. The zero-order chi connectivity index (χ0) is 13.5. The highest BCUT2D eigenvalue weighted by Crippen LogP contribution is 2.31. The van der Waals surface area contributed by atoms with Crippen LogP contribution in [0.5, 0.6) is 0 Å². The maximum absolute atomic E-state index is 11.7. The second-order valence-electron chi connectivity index (χ2n) is 3.78. The first kappa shape index (κ1) is 15.1. The summed E-state index contributed by atoms with van der Waals surface area (Å²) < 4.78 is 4.78. The summed E-state index contributed by atoms with van der Waals surface area (Å²) in [4.78, 5) is 22.6. The molecule has 0 fully saturated rings. The van der Waals surface area contributed by atoms with Crippen molar-refractivity contribution in [3.8, 4) is 0 Å². The molecule has 0 spiro atoms. The van der Waals surface area contributed by atoms with Crippen LogP contribution in [0.25, 0.3) is 0 Å². The standard InChI is InChI=1S/C13H15ClO3S/c1-9(15)7-8-18-12(13(16)17-2)10-3-5-11(14)6-4-10/h3-6,12H,7-8H2,1-2H3. The van der Waals surface area contributed by atoms with Gasteiger partial charge < -0.3 is 4.74 Å². The molecule has 1 atom stereocenters. The monoisotopic (exact) mass is 286 g/mol. The lowest BCUT2D eigenvalue weighted by Crippen LogP contribution is -2.12. The van der Waals surface area contributed by atoms with Gasteiger partial charge in [-0.1, -0.05) is 23.7 Å². The normalized spacial score (nSPS) is 11.9. The largest absolute Gasteiger partial charge is 0.468 e. The number of Topliss-reactive ketones (excluding diaryl/α,β-unsaturated/α-hetero) is 1. The smallest absolute Gasteiger partial charge is 0.323 e. The molecule has 0 aliphatic rings. The van der Waals surface area contributed by atoms with Gasteiger partial charge in [0.1, 0.15) is 11.0 Å². The van der Waals surface area contributed by atoms with E-state index >= 15 is 0 Å². The Morgan fingerprint density at radius 2 is 1.94 bits per heavy atom. The Labute approximate surface area is 116 Å². The molecule has 0 bridgehead atoms. The van der Waals surface area contributed by atoms with Crippen molar-refractivity contribution < 1.29 is 14.3 Å². The Bertz CT molecular complexity index is 417. The predicted molar refractivity (Wildman–Crippen MR) is 74.0 cm³/mol. The zero-order valence-electron chi connectivity index (χ0n) is 10.3. The quantitative estimate of drug-likeness (QED) is 0.753. The first-order chi connectivity index (χ1) is 8.54. The molecule has 1 rings (SSSR count). The van der Waals surface area contributed by atoms with Gasteiger partial charge in [-0.25, -0.2) is 0 Å². The molecule has 0 radical (unpaired) electrons. The molecule has 0 saturated heterocycles. The highest BCUT2D eigenvalue weighted by atomic mass is 35.5. The zero-order valence-corrected chi connectivity index (χ0v) is 11.9. The Hall–Kier alpha value is -1.00. The van der Waals surface area contributed by atoms with E-state index in [1.54, 1.807) is 24.3 Å². The third-order valence-electron chi connectivity index (χ3n) is 2.33. The molecule has 0 aliphatic heterocycles. The Morgan fingerprint density at radius 1 is 1.33 bits per heavy atom. The van der Waals surface area contributed by atoms with E-state index in [0.717, 1.165) is 5.56 Å². The van der Waals surface area contributed by atoms with Gasteiger partial charge in [-0.2, -0.15) is 0 Å². The number of thioether (sulfide) groups is 1. The predicted octanol–water partition coefficient (Wildman–Crippen LogP) is 3.27. The van der Waals surface area contributed by atoms with Gasteiger partial charge in [-0.3, -0.25) is 9.59 Å². The van der Waals surface area contributed by atoms with E-state index in [4.69, 9.17) is 16.3 Å². The van der Waals surface area contributed by atoms with Crippen LogP contribution in [0, 0.1) is 0 Å². The molecule has 0 heterocycles. The van der Waals surface area contributed by atoms with Gasteiger partial charge in [0.2, 0.25) is 0 Å². The lowest BCUT2D eigenvalue weighted by Gasteiger charge is -2.14. The fourth-order valence-electron chi connectivity index (χ4n) is 1.37. The Kier molecular flexibility index (Phi) is 6.22. The SMILES string of the molecule is COC(=O)C(SCCC(C)=O)c1ccc(Cl)cc1. The topological polar surface area (TPSA) is 43.4 Å². The van der Waals surface area contributed by atoms with Crippen LogP contribution in [-0.4, -0.2) is 24.6 Å². The van der Waals surface area contributed by atoms with Gasteiger partial charge in [-0.15, -0.1) is 11.8 Å². The van der Waals surface area contributed by atoms with Gasteiger partial charge in [0.15, 0.2) is 0 Å². The minimum atomic E-state index is -0.411. The maximum Gasteiger partial charge on any atom is 0.323 e. The van der Waals surface area contributed by atoms with Crippen molar-refractivity contribution in [3.63, 3.8) is 0 Å². The molecule has 1 aromatic rings. The van der Waals surface area contributed by atoms with Gasteiger partial charge in [0.05, 0.1) is 7.11 Å². The van der Waals surface area contributed by atoms with Gasteiger partial charge in [-0.05, 0) is 24.6 Å². The third kappa shape index (κ3) is 4.70. The fourth-order valence-corrected chi connectivity index (χ4v) is 2.71. The summed E-state index contributed by atoms with van der Waals surface area (Å²) in [6.07, 6.45) is 0.450. The first-order valence-corrected chi connectivity index (χ1v) is 6.91. The average Bonchev–Trinajstić information content (AvgIpc) is 2.35. The molecule has 5 heteroatoms. The van der Waals surface area contributed by atoms with E-state index in [2.05, 4.69) is 0 Å². The molecule has 0 saturated carbocycles. The summed E-state index contributed by atoms with van der Waals surface area (Å²) in [6, 6.07) is 7.06. The second-order valence-corrected chi connectivity index (χ2v) is 5.43. The molecule has 0 N–H and O–H groups in total. The second kappa shape index (κ2) is 7.44. The van der Waals surface area contributed by atoms with Crippen LogP contribution >= 0.6 is 23.4 Å². The van der Waals surface area contributed by atoms with Crippen molar-refractivity contribution >= 4 is 35.1 Å². The number of ether oxygens (including phenoxy) is 1. The number of hydrogen-bond acceptors (Lipinski definition) is 4. The van der Waals surface area contributed by atoms with E-state index in [-0.39, 0.29) is 11.8 Å². The summed E-state index contributed by atoms with van der Waals surface area (Å²) in [5, 5.41) is 0.211. The summed E-state index contributed by atoms with van der Waals surface area (Å²) in [6.45, 7) is 1.54. The van der Waals surface area contributed by atoms with E-state index in [0.29, 0.717) is 17.2 Å². The minimum Gasteiger partial charge on any atom is -0.468 e. The molecular weight excluding hydrogens is 272 g/mol. The number of hydrogen-bond donors (Lipinski definition) is 0. The number of benzene rings is 1. The van der Waals surface area contributed by atoms with E-state index < -0.39 is 5.25 Å². The molecular formula is C13H15ClO3S. The molecule has 0 aromatic heterocycles. The molecule has 0 amide bonds. The molecule has 1 aromatic carbocycles. The Morgan fingerprint density at radius 3 is 2.44 bits per heavy atom. The van der Waals surface area contributed by atoms with Gasteiger partial charge >= 0.3 is 5.97 Å². The maximum atomic E-state index is 11.7. The highest BCUT2D eigenvalue weighted by Gasteiger charge is 2.21. The number of carbonyl (C=O) groups is 2. The molecule has 18 heavy (non-hydrogen) atoms. The number of halogens is 1.